The van der Waals surface area contributed by atoms with Gasteiger partial charge in [-0.25, -0.2) is 0 Å². The molecule has 112 valence electrons. The summed E-state index contributed by atoms with van der Waals surface area (Å²) in [6.45, 7) is 8.67. The molecule has 0 bridgehead atoms. The van der Waals surface area contributed by atoms with Crippen LogP contribution in [0.15, 0.2) is 42.5 Å². The standard InChI is InChI=1S/C19H24O2/c1-13(2)17-8-6-16(7-9-17)12-21-19-11-14(3)5-10-18(19)15(4)20/h5-11,13,15,20H,12H2,1-4H3/t15-/m0/s1. The van der Waals surface area contributed by atoms with Gasteiger partial charge in [0.15, 0.2) is 0 Å². The molecule has 0 aromatic heterocycles. The number of aliphatic hydroxyl groups excluding tert-OH is 1. The van der Waals surface area contributed by atoms with Crippen LogP contribution in [0.2, 0.25) is 0 Å². The van der Waals surface area contributed by atoms with Crippen LogP contribution in [0.25, 0.3) is 0 Å². The van der Waals surface area contributed by atoms with Crippen molar-refractivity contribution in [2.24, 2.45) is 0 Å². The molecule has 0 unspecified atom stereocenters. The first-order chi connectivity index (χ1) is 9.97. The molecule has 0 aliphatic heterocycles. The Morgan fingerprint density at radius 2 is 1.67 bits per heavy atom. The Bertz CT molecular complexity index is 583. The zero-order chi connectivity index (χ0) is 15.4. The molecule has 0 amide bonds. The lowest BCUT2D eigenvalue weighted by Crippen LogP contribution is -2.01. The molecule has 2 aromatic carbocycles. The third kappa shape index (κ3) is 4.08. The molecule has 21 heavy (non-hydrogen) atoms. The molecular weight excluding hydrogens is 260 g/mol. The van der Waals surface area contributed by atoms with Gasteiger partial charge in [0.1, 0.15) is 12.4 Å². The zero-order valence-electron chi connectivity index (χ0n) is 13.3. The van der Waals surface area contributed by atoms with Gasteiger partial charge in [-0.15, -0.1) is 0 Å². The average molecular weight is 284 g/mol. The lowest BCUT2D eigenvalue weighted by molar-refractivity contribution is 0.190. The normalized spacial score (nSPS) is 12.5. The fourth-order valence-corrected chi connectivity index (χ4v) is 2.27. The molecule has 0 radical (unpaired) electrons. The first kappa shape index (κ1) is 15.6. The van der Waals surface area contributed by atoms with Crippen molar-refractivity contribution in [1.82, 2.24) is 0 Å². The number of benzene rings is 2. The topological polar surface area (TPSA) is 29.5 Å². The van der Waals surface area contributed by atoms with E-state index < -0.39 is 6.10 Å². The third-order valence-electron chi connectivity index (χ3n) is 3.66. The number of rotatable bonds is 5. The highest BCUT2D eigenvalue weighted by Gasteiger charge is 2.09. The number of ether oxygens (including phenoxy) is 1. The smallest absolute Gasteiger partial charge is 0.125 e. The van der Waals surface area contributed by atoms with E-state index in [4.69, 9.17) is 4.74 Å². The Kier molecular flexibility index (Phi) is 5.03. The predicted molar refractivity (Wildman–Crippen MR) is 86.7 cm³/mol. The summed E-state index contributed by atoms with van der Waals surface area (Å²) in [7, 11) is 0. The van der Waals surface area contributed by atoms with Crippen molar-refractivity contribution in [2.75, 3.05) is 0 Å². The maximum Gasteiger partial charge on any atom is 0.125 e. The number of aliphatic hydroxyl groups is 1. The van der Waals surface area contributed by atoms with Crippen LogP contribution in [0.1, 0.15) is 55.0 Å². The molecule has 0 fully saturated rings. The fourth-order valence-electron chi connectivity index (χ4n) is 2.27. The Morgan fingerprint density at radius 1 is 1.00 bits per heavy atom. The van der Waals surface area contributed by atoms with Crippen molar-refractivity contribution < 1.29 is 9.84 Å². The SMILES string of the molecule is Cc1ccc([C@H](C)O)c(OCc2ccc(C(C)C)cc2)c1. The Labute approximate surface area is 127 Å². The van der Waals surface area contributed by atoms with Gasteiger partial charge in [0.25, 0.3) is 0 Å². The van der Waals surface area contributed by atoms with Gasteiger partial charge in [0, 0.05) is 5.56 Å². The molecule has 0 aliphatic carbocycles. The van der Waals surface area contributed by atoms with Gasteiger partial charge in [0.2, 0.25) is 0 Å². The number of hydrogen-bond donors (Lipinski definition) is 1. The summed E-state index contributed by atoms with van der Waals surface area (Å²) in [5.74, 6) is 1.30. The summed E-state index contributed by atoms with van der Waals surface area (Å²) < 4.78 is 5.91. The molecule has 0 saturated heterocycles. The van der Waals surface area contributed by atoms with E-state index in [-0.39, 0.29) is 0 Å². The molecule has 0 aliphatic rings. The van der Waals surface area contributed by atoms with Crippen molar-refractivity contribution in [2.45, 2.75) is 46.3 Å². The molecule has 2 heteroatoms. The van der Waals surface area contributed by atoms with Gasteiger partial charge in [0.05, 0.1) is 6.10 Å². The van der Waals surface area contributed by atoms with Crippen LogP contribution < -0.4 is 4.74 Å². The lowest BCUT2D eigenvalue weighted by Gasteiger charge is -2.14. The molecule has 0 saturated carbocycles. The van der Waals surface area contributed by atoms with Crippen molar-refractivity contribution >= 4 is 0 Å². The summed E-state index contributed by atoms with van der Waals surface area (Å²) in [5, 5.41) is 9.81. The van der Waals surface area contributed by atoms with Gasteiger partial charge in [-0.2, -0.15) is 0 Å². The highest BCUT2D eigenvalue weighted by atomic mass is 16.5. The summed E-state index contributed by atoms with van der Waals surface area (Å²) in [6.07, 6.45) is -0.524. The van der Waals surface area contributed by atoms with Crippen molar-refractivity contribution in [1.29, 1.82) is 0 Å². The van der Waals surface area contributed by atoms with E-state index >= 15 is 0 Å². The molecule has 0 spiro atoms. The zero-order valence-corrected chi connectivity index (χ0v) is 13.3. The molecule has 2 aromatic rings. The van der Waals surface area contributed by atoms with Gasteiger partial charge in [-0.05, 0) is 42.5 Å². The van der Waals surface area contributed by atoms with E-state index in [1.165, 1.54) is 5.56 Å². The summed E-state index contributed by atoms with van der Waals surface area (Å²) >= 11 is 0. The van der Waals surface area contributed by atoms with E-state index in [2.05, 4.69) is 38.1 Å². The molecule has 2 nitrogen and oxygen atoms in total. The average Bonchev–Trinajstić information content (AvgIpc) is 2.45. The van der Waals surface area contributed by atoms with Crippen molar-refractivity contribution in [3.63, 3.8) is 0 Å². The Balaban J connectivity index is 2.10. The highest BCUT2D eigenvalue weighted by molar-refractivity contribution is 5.38. The molecule has 2 rings (SSSR count). The van der Waals surface area contributed by atoms with Crippen LogP contribution in [0.3, 0.4) is 0 Å². The van der Waals surface area contributed by atoms with Crippen LogP contribution in [0, 0.1) is 6.92 Å². The fraction of sp³-hybridized carbons (Fsp3) is 0.368. The van der Waals surface area contributed by atoms with E-state index in [1.54, 1.807) is 6.92 Å². The second kappa shape index (κ2) is 6.77. The molecular formula is C19H24O2. The van der Waals surface area contributed by atoms with Crippen molar-refractivity contribution in [3.05, 3.63) is 64.7 Å². The Hall–Kier alpha value is -1.80. The predicted octanol–water partition coefficient (Wildman–Crippen LogP) is 4.75. The summed E-state index contributed by atoms with van der Waals surface area (Å²) in [4.78, 5) is 0. The van der Waals surface area contributed by atoms with Gasteiger partial charge >= 0.3 is 0 Å². The number of aryl methyl sites for hydroxylation is 1. The minimum atomic E-state index is -0.524. The summed E-state index contributed by atoms with van der Waals surface area (Å²) in [6, 6.07) is 14.4. The molecule has 1 N–H and O–H groups in total. The van der Waals surface area contributed by atoms with Crippen LogP contribution in [0.4, 0.5) is 0 Å². The monoisotopic (exact) mass is 284 g/mol. The minimum absolute atomic E-state index is 0.515. The number of hydrogen-bond acceptors (Lipinski definition) is 2. The molecule has 0 heterocycles. The van der Waals surface area contributed by atoms with E-state index in [9.17, 15) is 5.11 Å². The first-order valence-corrected chi connectivity index (χ1v) is 7.47. The van der Waals surface area contributed by atoms with Gasteiger partial charge in [-0.1, -0.05) is 50.2 Å². The maximum atomic E-state index is 9.81. The van der Waals surface area contributed by atoms with E-state index in [0.717, 1.165) is 22.4 Å². The molecule has 1 atom stereocenters. The summed E-state index contributed by atoms with van der Waals surface area (Å²) in [5.41, 5.74) is 4.43. The van der Waals surface area contributed by atoms with Gasteiger partial charge in [-0.3, -0.25) is 0 Å². The Morgan fingerprint density at radius 3 is 2.24 bits per heavy atom. The minimum Gasteiger partial charge on any atom is -0.489 e. The highest BCUT2D eigenvalue weighted by Crippen LogP contribution is 2.27. The third-order valence-corrected chi connectivity index (χ3v) is 3.66. The first-order valence-electron chi connectivity index (χ1n) is 7.47. The van der Waals surface area contributed by atoms with Crippen molar-refractivity contribution in [3.8, 4) is 5.75 Å². The van der Waals surface area contributed by atoms with Gasteiger partial charge < -0.3 is 9.84 Å². The van der Waals surface area contributed by atoms with E-state index in [0.29, 0.717) is 12.5 Å². The van der Waals surface area contributed by atoms with E-state index in [1.807, 2.05) is 25.1 Å². The van der Waals surface area contributed by atoms with Crippen LogP contribution in [-0.4, -0.2) is 5.11 Å². The van der Waals surface area contributed by atoms with Crippen LogP contribution in [0.5, 0.6) is 5.75 Å². The van der Waals surface area contributed by atoms with Crippen LogP contribution in [-0.2, 0) is 6.61 Å². The maximum absolute atomic E-state index is 9.81. The largest absolute Gasteiger partial charge is 0.489 e. The quantitative estimate of drug-likeness (QED) is 0.858. The van der Waals surface area contributed by atoms with Crippen LogP contribution >= 0.6 is 0 Å². The second-order valence-electron chi connectivity index (χ2n) is 5.90. The lowest BCUT2D eigenvalue weighted by atomic mass is 10.0. The second-order valence-corrected chi connectivity index (χ2v) is 5.90.